The minimum Gasteiger partial charge on any atom is -0.478 e. The van der Waals surface area contributed by atoms with Gasteiger partial charge in [-0.1, -0.05) is 18.6 Å². The number of carboxylic acid groups (broad SMARTS) is 1. The van der Waals surface area contributed by atoms with E-state index in [4.69, 9.17) is 9.47 Å². The fourth-order valence-corrected chi connectivity index (χ4v) is 4.22. The highest BCUT2D eigenvalue weighted by Crippen LogP contribution is 2.48. The van der Waals surface area contributed by atoms with Crippen LogP contribution in [0.15, 0.2) is 34.4 Å². The van der Waals surface area contributed by atoms with Crippen LogP contribution < -0.4 is 0 Å². The molecule has 0 amide bonds. The number of carbonyl (C=O) groups is 4. The summed E-state index contributed by atoms with van der Waals surface area (Å²) in [5.74, 6) is -4.34. The Labute approximate surface area is 156 Å². The van der Waals surface area contributed by atoms with Crippen molar-refractivity contribution in [3.63, 3.8) is 0 Å². The molecule has 2 aliphatic carbocycles. The molecule has 7 nitrogen and oxygen atoms in total. The van der Waals surface area contributed by atoms with Crippen molar-refractivity contribution in [1.29, 1.82) is 0 Å². The number of rotatable bonds is 3. The fourth-order valence-electron chi connectivity index (χ4n) is 4.22. The molecule has 1 N–H and O–H groups in total. The highest BCUT2D eigenvalue weighted by atomic mass is 16.6. The van der Waals surface area contributed by atoms with E-state index in [0.29, 0.717) is 11.1 Å². The number of hydrogen-bond acceptors (Lipinski definition) is 6. The Morgan fingerprint density at radius 1 is 1.33 bits per heavy atom. The van der Waals surface area contributed by atoms with Gasteiger partial charge in [0.05, 0.1) is 5.92 Å². The van der Waals surface area contributed by atoms with E-state index in [2.05, 4.69) is 0 Å². The smallest absolute Gasteiger partial charge is 0.333 e. The molecule has 0 aromatic heterocycles. The summed E-state index contributed by atoms with van der Waals surface area (Å²) in [6.07, 6.45) is 1.25. The highest BCUT2D eigenvalue weighted by molar-refractivity contribution is 6.13. The molecule has 144 valence electrons. The minimum atomic E-state index is -1.23. The predicted octanol–water partition coefficient (Wildman–Crippen LogP) is 1.97. The first-order valence-corrected chi connectivity index (χ1v) is 8.90. The molecule has 0 aromatic carbocycles. The van der Waals surface area contributed by atoms with Gasteiger partial charge in [-0.25, -0.2) is 9.59 Å². The van der Waals surface area contributed by atoms with Crippen LogP contribution in [0.25, 0.3) is 0 Å². The van der Waals surface area contributed by atoms with E-state index >= 15 is 0 Å². The second-order valence-electron chi connectivity index (χ2n) is 7.31. The molecule has 27 heavy (non-hydrogen) atoms. The van der Waals surface area contributed by atoms with Gasteiger partial charge in [0.25, 0.3) is 0 Å². The maximum Gasteiger partial charge on any atom is 0.333 e. The van der Waals surface area contributed by atoms with Gasteiger partial charge in [-0.15, -0.1) is 0 Å². The van der Waals surface area contributed by atoms with E-state index < -0.39 is 47.9 Å². The second kappa shape index (κ2) is 6.79. The molecule has 1 aliphatic heterocycles. The van der Waals surface area contributed by atoms with Crippen molar-refractivity contribution in [2.45, 2.75) is 46.3 Å². The largest absolute Gasteiger partial charge is 0.478 e. The zero-order valence-corrected chi connectivity index (χ0v) is 15.6. The minimum absolute atomic E-state index is 0.0771. The average molecular weight is 374 g/mol. The van der Waals surface area contributed by atoms with Crippen molar-refractivity contribution < 1.29 is 33.8 Å². The molecule has 0 unspecified atom stereocenters. The third kappa shape index (κ3) is 3.01. The monoisotopic (exact) mass is 374 g/mol. The highest BCUT2D eigenvalue weighted by Gasteiger charge is 2.56. The maximum absolute atomic E-state index is 12.5. The normalized spacial score (nSPS) is 33.1. The Hall–Kier alpha value is -2.70. The summed E-state index contributed by atoms with van der Waals surface area (Å²) in [7, 11) is 0. The molecule has 1 saturated heterocycles. The van der Waals surface area contributed by atoms with Crippen molar-refractivity contribution in [1.82, 2.24) is 0 Å². The predicted molar refractivity (Wildman–Crippen MR) is 93.4 cm³/mol. The van der Waals surface area contributed by atoms with Crippen LogP contribution in [0.4, 0.5) is 0 Å². The first-order valence-electron chi connectivity index (χ1n) is 8.90. The maximum atomic E-state index is 12.5. The lowest BCUT2D eigenvalue weighted by atomic mass is 9.79. The van der Waals surface area contributed by atoms with Gasteiger partial charge in [-0.05, 0) is 26.8 Å². The molecule has 5 atom stereocenters. The van der Waals surface area contributed by atoms with Crippen LogP contribution in [-0.4, -0.2) is 41.0 Å². The Morgan fingerprint density at radius 2 is 2.00 bits per heavy atom. The van der Waals surface area contributed by atoms with E-state index in [1.807, 2.05) is 0 Å². The van der Waals surface area contributed by atoms with E-state index in [9.17, 15) is 24.3 Å². The number of esters is 2. The van der Waals surface area contributed by atoms with Crippen molar-refractivity contribution in [3.8, 4) is 0 Å². The standard InChI is InChI=1S/C20H22O7/c1-5-8(2)19(24)26-13-7-11(18(22)23)16-12(21)6-9(3)14(16)17-15(13)10(4)20(25)27-17/h5-6,10,13-15,17H,7H2,1-4H3,(H,22,23)/t10-,13-,14+,15-,17-/m1/s1. The van der Waals surface area contributed by atoms with Crippen LogP contribution in [0.3, 0.4) is 0 Å². The number of ketones is 1. The lowest BCUT2D eigenvalue weighted by molar-refractivity contribution is -0.149. The van der Waals surface area contributed by atoms with Crippen molar-refractivity contribution in [2.75, 3.05) is 0 Å². The summed E-state index contributed by atoms with van der Waals surface area (Å²) >= 11 is 0. The second-order valence-corrected chi connectivity index (χ2v) is 7.31. The molecule has 1 fully saturated rings. The van der Waals surface area contributed by atoms with Gasteiger partial charge < -0.3 is 14.6 Å². The molecular weight excluding hydrogens is 352 g/mol. The molecule has 7 heteroatoms. The molecule has 0 spiro atoms. The summed E-state index contributed by atoms with van der Waals surface area (Å²) in [5.41, 5.74) is 1.10. The van der Waals surface area contributed by atoms with Gasteiger partial charge in [-0.3, -0.25) is 9.59 Å². The van der Waals surface area contributed by atoms with Gasteiger partial charge >= 0.3 is 17.9 Å². The quantitative estimate of drug-likeness (QED) is 0.594. The number of allylic oxidation sites excluding steroid dienone is 2. The van der Waals surface area contributed by atoms with Crippen molar-refractivity contribution in [2.24, 2.45) is 17.8 Å². The Kier molecular flexibility index (Phi) is 4.80. The average Bonchev–Trinajstić information content (AvgIpc) is 2.99. The summed E-state index contributed by atoms with van der Waals surface area (Å²) in [5, 5.41) is 9.71. The molecule has 1 heterocycles. The number of carboxylic acids is 1. The first-order chi connectivity index (χ1) is 12.7. The summed E-state index contributed by atoms with van der Waals surface area (Å²) in [6, 6.07) is 0. The molecule has 0 aromatic rings. The number of carbonyl (C=O) groups excluding carboxylic acids is 3. The van der Waals surface area contributed by atoms with Gasteiger partial charge in [0.1, 0.15) is 12.2 Å². The third-order valence-corrected chi connectivity index (χ3v) is 5.77. The molecular formula is C20H22O7. The Morgan fingerprint density at radius 3 is 2.59 bits per heavy atom. The van der Waals surface area contributed by atoms with Crippen LogP contribution >= 0.6 is 0 Å². The Bertz CT molecular complexity index is 829. The van der Waals surface area contributed by atoms with Gasteiger partial charge in [0.15, 0.2) is 5.78 Å². The van der Waals surface area contributed by atoms with Crippen LogP contribution in [0.1, 0.15) is 34.1 Å². The first kappa shape index (κ1) is 19.1. The topological polar surface area (TPSA) is 107 Å². The lowest BCUT2D eigenvalue weighted by Crippen LogP contribution is -2.38. The van der Waals surface area contributed by atoms with Crippen LogP contribution in [0.2, 0.25) is 0 Å². The van der Waals surface area contributed by atoms with Crippen LogP contribution in [-0.2, 0) is 28.7 Å². The zero-order chi connectivity index (χ0) is 20.0. The molecule has 3 rings (SSSR count). The molecule has 3 aliphatic rings. The van der Waals surface area contributed by atoms with E-state index in [-0.39, 0.29) is 23.4 Å². The van der Waals surface area contributed by atoms with E-state index in [1.165, 1.54) is 6.08 Å². The zero-order valence-electron chi connectivity index (χ0n) is 15.6. The number of hydrogen-bond donors (Lipinski definition) is 1. The van der Waals surface area contributed by atoms with Gasteiger partial charge in [0.2, 0.25) is 0 Å². The summed E-state index contributed by atoms with van der Waals surface area (Å²) in [4.78, 5) is 48.9. The van der Waals surface area contributed by atoms with Crippen molar-refractivity contribution >= 4 is 23.7 Å². The lowest BCUT2D eigenvalue weighted by Gasteiger charge is -2.29. The number of fused-ring (bicyclic) bond motifs is 3. The molecule has 0 bridgehead atoms. The van der Waals surface area contributed by atoms with Crippen LogP contribution in [0.5, 0.6) is 0 Å². The van der Waals surface area contributed by atoms with Crippen LogP contribution in [0, 0.1) is 17.8 Å². The fraction of sp³-hybridized carbons (Fsp3) is 0.500. The third-order valence-electron chi connectivity index (χ3n) is 5.77. The summed E-state index contributed by atoms with van der Waals surface area (Å²) < 4.78 is 11.2. The number of aliphatic carboxylic acids is 1. The summed E-state index contributed by atoms with van der Waals surface area (Å²) in [6.45, 7) is 6.69. The molecule has 0 saturated carbocycles. The Balaban J connectivity index is 2.11. The number of ether oxygens (including phenoxy) is 2. The van der Waals surface area contributed by atoms with E-state index in [0.717, 1.165) is 0 Å². The van der Waals surface area contributed by atoms with Gasteiger partial charge in [-0.2, -0.15) is 0 Å². The SMILES string of the molecule is CC=C(C)C(=O)O[C@@H]1CC(C(=O)O)=C2C(=O)C=C(C)[C@@H]2[C@H]2OC(=O)[C@H](C)[C@@H]21. The van der Waals surface area contributed by atoms with Crippen molar-refractivity contribution in [3.05, 3.63) is 34.4 Å². The van der Waals surface area contributed by atoms with Gasteiger partial charge in [0, 0.05) is 35.0 Å². The molecule has 0 radical (unpaired) electrons. The van der Waals surface area contributed by atoms with E-state index in [1.54, 1.807) is 33.8 Å².